The number of aryl methyl sites for hydroxylation is 2. The molecule has 0 atom stereocenters. The van der Waals surface area contributed by atoms with E-state index in [4.69, 9.17) is 27.8 Å². The molecule has 0 aliphatic rings. The van der Waals surface area contributed by atoms with Crippen LogP contribution in [0.2, 0.25) is 0 Å². The fourth-order valence-electron chi connectivity index (χ4n) is 9.24. The Kier molecular flexibility index (Phi) is 19.0. The predicted molar refractivity (Wildman–Crippen MR) is 271 cm³/mol. The molecule has 0 aliphatic carbocycles. The number of benzene rings is 5. The number of fused-ring (bicyclic) bond motifs is 8. The largest absolute Gasteiger partial charge is 0.490 e. The van der Waals surface area contributed by atoms with Gasteiger partial charge < -0.3 is 27.8 Å². The maximum Gasteiger partial charge on any atom is 0.161 e. The summed E-state index contributed by atoms with van der Waals surface area (Å²) in [5.74, 6) is 1.67. The fourth-order valence-corrected chi connectivity index (χ4v) is 9.24. The Balaban J connectivity index is 1.15. The Bertz CT molecular complexity index is 2310. The van der Waals surface area contributed by atoms with Crippen molar-refractivity contribution in [2.75, 3.05) is 39.6 Å². The van der Waals surface area contributed by atoms with Crippen LogP contribution >= 0.6 is 0 Å². The summed E-state index contributed by atoms with van der Waals surface area (Å²) in [4.78, 5) is 0. The standard InChI is InChI=1S/C58H78O6/c1-5-9-13-15-17-21-31-61-57-39-47-36-50-52-42-55-51(41-56(52)64-54(50)38-48(47)40-58(57)62-32-22-18-16-14-10-6-2)49-35-45-33-43(25-19-23-29-59-27-11-7-3)44(34-46(45)37-53(49)63-55)26-20-24-30-60-28-12-8-4/h33-42H,5-32H2,1-4H3. The van der Waals surface area contributed by atoms with Gasteiger partial charge in [-0.2, -0.15) is 0 Å². The van der Waals surface area contributed by atoms with Crippen LogP contribution in [-0.2, 0) is 22.3 Å². The Labute approximate surface area is 383 Å². The van der Waals surface area contributed by atoms with E-state index < -0.39 is 0 Å². The van der Waals surface area contributed by atoms with Crippen molar-refractivity contribution < 1.29 is 27.8 Å². The van der Waals surface area contributed by atoms with Gasteiger partial charge in [0.05, 0.1) is 13.2 Å². The number of rotatable bonds is 32. The first kappa shape index (κ1) is 47.7. The first-order chi connectivity index (χ1) is 31.6. The summed E-state index contributed by atoms with van der Waals surface area (Å²) in [6, 6.07) is 22.6. The molecule has 2 aromatic heterocycles. The van der Waals surface area contributed by atoms with Gasteiger partial charge in [0.1, 0.15) is 22.3 Å². The van der Waals surface area contributed by atoms with E-state index in [0.717, 1.165) is 157 Å². The van der Waals surface area contributed by atoms with Gasteiger partial charge in [-0.3, -0.25) is 0 Å². The van der Waals surface area contributed by atoms with Crippen molar-refractivity contribution >= 4 is 65.4 Å². The number of furan rings is 2. The molecule has 346 valence electrons. The van der Waals surface area contributed by atoms with E-state index >= 15 is 0 Å². The van der Waals surface area contributed by atoms with Gasteiger partial charge in [0.25, 0.3) is 0 Å². The highest BCUT2D eigenvalue weighted by Gasteiger charge is 2.17. The second kappa shape index (κ2) is 25.4. The van der Waals surface area contributed by atoms with E-state index in [2.05, 4.69) is 88.4 Å². The zero-order chi connectivity index (χ0) is 44.4. The van der Waals surface area contributed by atoms with E-state index in [1.54, 1.807) is 0 Å². The van der Waals surface area contributed by atoms with Crippen LogP contribution < -0.4 is 9.47 Å². The molecule has 0 amide bonds. The lowest BCUT2D eigenvalue weighted by molar-refractivity contribution is 0.127. The summed E-state index contributed by atoms with van der Waals surface area (Å²) in [7, 11) is 0. The van der Waals surface area contributed by atoms with Crippen molar-refractivity contribution in [2.45, 2.75) is 169 Å². The van der Waals surface area contributed by atoms with Crippen LogP contribution in [0.5, 0.6) is 11.5 Å². The molecule has 6 heteroatoms. The monoisotopic (exact) mass is 871 g/mol. The van der Waals surface area contributed by atoms with Gasteiger partial charge >= 0.3 is 0 Å². The minimum atomic E-state index is 0.701. The van der Waals surface area contributed by atoms with E-state index in [0.29, 0.717) is 13.2 Å². The SMILES string of the molecule is CCCCCCCCOc1cc2cc3oc4cc5c(cc4c3cc2cc1OCCCCCCCC)oc1cc2cc(CCCCOCCCC)c(CCCCOCCCC)cc2cc15. The van der Waals surface area contributed by atoms with Crippen molar-refractivity contribution in [3.63, 3.8) is 0 Å². The molecule has 0 N–H and O–H groups in total. The summed E-state index contributed by atoms with van der Waals surface area (Å²) >= 11 is 0. The van der Waals surface area contributed by atoms with Gasteiger partial charge in [0.15, 0.2) is 11.5 Å². The molecule has 2 heterocycles. The molecular formula is C58H78O6. The van der Waals surface area contributed by atoms with Crippen molar-refractivity contribution in [3.05, 3.63) is 71.8 Å². The second-order valence-electron chi connectivity index (χ2n) is 18.4. The summed E-state index contributed by atoms with van der Waals surface area (Å²) < 4.78 is 38.1. The molecule has 0 aliphatic heterocycles. The molecule has 0 fully saturated rings. The summed E-state index contributed by atoms with van der Waals surface area (Å²) in [6.07, 6.45) is 26.0. The fraction of sp³-hybridized carbons (Fsp3) is 0.552. The van der Waals surface area contributed by atoms with E-state index in [9.17, 15) is 0 Å². The maximum absolute atomic E-state index is 6.70. The number of ether oxygens (including phenoxy) is 4. The van der Waals surface area contributed by atoms with Crippen LogP contribution in [0.4, 0.5) is 0 Å². The molecule has 0 saturated carbocycles. The summed E-state index contributed by atoms with van der Waals surface area (Å²) in [5.41, 5.74) is 6.45. The third-order valence-corrected chi connectivity index (χ3v) is 13.1. The van der Waals surface area contributed by atoms with Crippen LogP contribution in [0.1, 0.15) is 167 Å². The Morgan fingerprint density at radius 2 is 0.656 bits per heavy atom. The molecule has 0 spiro atoms. The van der Waals surface area contributed by atoms with Gasteiger partial charge in [-0.15, -0.1) is 0 Å². The Hall–Kier alpha value is -4.26. The van der Waals surface area contributed by atoms with Gasteiger partial charge in [-0.25, -0.2) is 0 Å². The van der Waals surface area contributed by atoms with Crippen LogP contribution in [0.15, 0.2) is 69.5 Å². The first-order valence-corrected chi connectivity index (χ1v) is 25.8. The molecule has 0 unspecified atom stereocenters. The molecule has 0 saturated heterocycles. The predicted octanol–water partition coefficient (Wildman–Crippen LogP) is 17.5. The Morgan fingerprint density at radius 3 is 1.12 bits per heavy atom. The molecule has 64 heavy (non-hydrogen) atoms. The highest BCUT2D eigenvalue weighted by Crippen LogP contribution is 2.41. The van der Waals surface area contributed by atoms with Crippen LogP contribution in [0.3, 0.4) is 0 Å². The topological polar surface area (TPSA) is 63.2 Å². The van der Waals surface area contributed by atoms with Crippen molar-refractivity contribution in [1.29, 1.82) is 0 Å². The minimum absolute atomic E-state index is 0.701. The zero-order valence-corrected chi connectivity index (χ0v) is 40.0. The average molecular weight is 871 g/mol. The maximum atomic E-state index is 6.70. The highest BCUT2D eigenvalue weighted by atomic mass is 16.5. The number of unbranched alkanes of at least 4 members (excludes halogenated alkanes) is 14. The number of hydrogen-bond acceptors (Lipinski definition) is 6. The normalized spacial score (nSPS) is 12.1. The zero-order valence-electron chi connectivity index (χ0n) is 40.0. The van der Waals surface area contributed by atoms with Gasteiger partial charge in [-0.1, -0.05) is 117 Å². The molecule has 6 nitrogen and oxygen atoms in total. The summed E-state index contributed by atoms with van der Waals surface area (Å²) in [5, 5.41) is 9.07. The van der Waals surface area contributed by atoms with Crippen molar-refractivity contribution in [3.8, 4) is 11.5 Å². The van der Waals surface area contributed by atoms with E-state index in [-0.39, 0.29) is 0 Å². The molecule has 0 bridgehead atoms. The minimum Gasteiger partial charge on any atom is -0.490 e. The second-order valence-corrected chi connectivity index (χ2v) is 18.4. The van der Waals surface area contributed by atoms with Gasteiger partial charge in [0, 0.05) is 48.0 Å². The third kappa shape index (κ3) is 13.0. The lowest BCUT2D eigenvalue weighted by Gasteiger charge is -2.14. The number of hydrogen-bond donors (Lipinski definition) is 0. The van der Waals surface area contributed by atoms with Gasteiger partial charge in [0.2, 0.25) is 0 Å². The quantitative estimate of drug-likeness (QED) is 0.0393. The molecular weight excluding hydrogens is 793 g/mol. The van der Waals surface area contributed by atoms with Gasteiger partial charge in [-0.05, 0) is 145 Å². The Morgan fingerprint density at radius 1 is 0.312 bits per heavy atom. The molecule has 5 aromatic carbocycles. The average Bonchev–Trinajstić information content (AvgIpc) is 3.83. The van der Waals surface area contributed by atoms with Crippen LogP contribution in [0.25, 0.3) is 65.4 Å². The highest BCUT2D eigenvalue weighted by molar-refractivity contribution is 6.18. The molecule has 7 aromatic rings. The third-order valence-electron chi connectivity index (χ3n) is 13.1. The first-order valence-electron chi connectivity index (χ1n) is 25.8. The van der Waals surface area contributed by atoms with Crippen molar-refractivity contribution in [1.82, 2.24) is 0 Å². The molecule has 7 rings (SSSR count). The van der Waals surface area contributed by atoms with Crippen molar-refractivity contribution in [2.24, 2.45) is 0 Å². The lowest BCUT2D eigenvalue weighted by Crippen LogP contribution is -2.03. The van der Waals surface area contributed by atoms with E-state index in [1.807, 2.05) is 0 Å². The van der Waals surface area contributed by atoms with Crippen LogP contribution in [0, 0.1) is 0 Å². The lowest BCUT2D eigenvalue weighted by atomic mass is 9.93. The van der Waals surface area contributed by atoms with Crippen LogP contribution in [-0.4, -0.2) is 39.6 Å². The van der Waals surface area contributed by atoms with E-state index in [1.165, 1.54) is 98.9 Å². The smallest absolute Gasteiger partial charge is 0.161 e. The summed E-state index contributed by atoms with van der Waals surface area (Å²) in [6.45, 7) is 13.8. The molecule has 0 radical (unpaired) electrons.